The minimum Gasteiger partial charge on any atom is -0.251 e. The molecule has 0 heterocycles. The van der Waals surface area contributed by atoms with E-state index in [-0.39, 0.29) is 12.6 Å². The van der Waals surface area contributed by atoms with Crippen molar-refractivity contribution in [1.29, 1.82) is 0 Å². The van der Waals surface area contributed by atoms with Crippen molar-refractivity contribution in [2.24, 2.45) is 5.92 Å². The third-order valence-electron chi connectivity index (χ3n) is 4.48. The topological polar surface area (TPSA) is 0 Å². The molecule has 1 aromatic rings. The van der Waals surface area contributed by atoms with Crippen molar-refractivity contribution in [3.05, 3.63) is 47.0 Å². The lowest BCUT2D eigenvalue weighted by molar-refractivity contribution is 0.141. The number of hydrogen-bond acceptors (Lipinski definition) is 0. The number of allylic oxidation sites excluding steroid dienone is 2. The zero-order valence-corrected chi connectivity index (χ0v) is 12.9. The molecule has 0 radical (unpaired) electrons. The second-order valence-electron chi connectivity index (χ2n) is 6.07. The number of rotatable bonds is 6. The molecule has 0 nitrogen and oxygen atoms in total. The lowest BCUT2D eigenvalue weighted by atomic mass is 9.78. The highest BCUT2D eigenvalue weighted by molar-refractivity contribution is 5.29. The molecule has 23 heavy (non-hydrogen) atoms. The van der Waals surface area contributed by atoms with Gasteiger partial charge in [0.25, 0.3) is 6.43 Å². The van der Waals surface area contributed by atoms with Gasteiger partial charge >= 0.3 is 0 Å². The van der Waals surface area contributed by atoms with E-state index in [0.717, 1.165) is 44.2 Å². The highest BCUT2D eigenvalue weighted by Crippen LogP contribution is 2.38. The van der Waals surface area contributed by atoms with Crippen LogP contribution in [0.4, 0.5) is 22.0 Å². The first-order valence-electron chi connectivity index (χ1n) is 8.02. The summed E-state index contributed by atoms with van der Waals surface area (Å²) >= 11 is 0. The van der Waals surface area contributed by atoms with Crippen molar-refractivity contribution in [3.63, 3.8) is 0 Å². The van der Waals surface area contributed by atoms with E-state index >= 15 is 0 Å². The van der Waals surface area contributed by atoms with Gasteiger partial charge in [0.2, 0.25) is 0 Å². The summed E-state index contributed by atoms with van der Waals surface area (Å²) in [5.74, 6) is -1.92. The van der Waals surface area contributed by atoms with Gasteiger partial charge in [-0.3, -0.25) is 4.39 Å². The van der Waals surface area contributed by atoms with Crippen LogP contribution in [0.25, 0.3) is 0 Å². The molecule has 0 amide bonds. The van der Waals surface area contributed by atoms with Gasteiger partial charge < -0.3 is 0 Å². The monoisotopic (exact) mass is 332 g/mol. The van der Waals surface area contributed by atoms with Crippen LogP contribution in [0.5, 0.6) is 0 Å². The SMILES string of the molecule is FCCC/C=C/C1CCC(c2cc(F)c(C(F)F)c(F)c2)CC1. The number of halogens is 5. The van der Waals surface area contributed by atoms with Gasteiger partial charge in [-0.05, 0) is 68.1 Å². The van der Waals surface area contributed by atoms with Crippen LogP contribution >= 0.6 is 0 Å². The first-order chi connectivity index (χ1) is 11.0. The molecule has 1 aromatic carbocycles. The Kier molecular flexibility index (Phi) is 6.60. The van der Waals surface area contributed by atoms with Gasteiger partial charge in [-0.2, -0.15) is 0 Å². The molecule has 0 saturated heterocycles. The third kappa shape index (κ3) is 4.79. The van der Waals surface area contributed by atoms with E-state index in [0.29, 0.717) is 17.9 Å². The highest BCUT2D eigenvalue weighted by atomic mass is 19.3. The maximum Gasteiger partial charge on any atom is 0.269 e. The Balaban J connectivity index is 1.96. The van der Waals surface area contributed by atoms with Gasteiger partial charge in [-0.15, -0.1) is 0 Å². The summed E-state index contributed by atoms with van der Waals surface area (Å²) in [4.78, 5) is 0. The van der Waals surface area contributed by atoms with E-state index in [9.17, 15) is 22.0 Å². The van der Waals surface area contributed by atoms with E-state index < -0.39 is 23.6 Å². The highest BCUT2D eigenvalue weighted by Gasteiger charge is 2.25. The minimum atomic E-state index is -3.14. The normalized spacial score (nSPS) is 22.2. The van der Waals surface area contributed by atoms with Gasteiger partial charge in [0.05, 0.1) is 12.2 Å². The Bertz CT molecular complexity index is 507. The molecule has 0 N–H and O–H groups in total. The fraction of sp³-hybridized carbons (Fsp3) is 0.556. The summed E-state index contributed by atoms with van der Waals surface area (Å²) in [6, 6.07) is 2.10. The van der Waals surface area contributed by atoms with Gasteiger partial charge in [0.1, 0.15) is 11.6 Å². The van der Waals surface area contributed by atoms with Crippen LogP contribution in [0.3, 0.4) is 0 Å². The summed E-state index contributed by atoms with van der Waals surface area (Å²) < 4.78 is 64.5. The van der Waals surface area contributed by atoms with Crippen LogP contribution in [0.2, 0.25) is 0 Å². The molecule has 0 atom stereocenters. The van der Waals surface area contributed by atoms with E-state index in [1.807, 2.05) is 6.08 Å². The molecule has 1 aliphatic rings. The lowest BCUT2D eigenvalue weighted by Gasteiger charge is -2.27. The molecule has 2 rings (SSSR count). The van der Waals surface area contributed by atoms with Crippen LogP contribution in [0.15, 0.2) is 24.3 Å². The Morgan fingerprint density at radius 2 is 1.65 bits per heavy atom. The maximum atomic E-state index is 13.7. The van der Waals surface area contributed by atoms with Crippen LogP contribution in [0, 0.1) is 17.6 Å². The van der Waals surface area contributed by atoms with Crippen molar-refractivity contribution >= 4 is 0 Å². The molecule has 0 spiro atoms. The van der Waals surface area contributed by atoms with Gasteiger partial charge in [-0.1, -0.05) is 12.2 Å². The van der Waals surface area contributed by atoms with Crippen LogP contribution in [0.1, 0.15) is 62.0 Å². The third-order valence-corrected chi connectivity index (χ3v) is 4.48. The van der Waals surface area contributed by atoms with E-state index in [2.05, 4.69) is 6.08 Å². The fourth-order valence-corrected chi connectivity index (χ4v) is 3.18. The quantitative estimate of drug-likeness (QED) is 0.318. The molecule has 1 aliphatic carbocycles. The van der Waals surface area contributed by atoms with Gasteiger partial charge in [-0.25, -0.2) is 17.6 Å². The zero-order valence-electron chi connectivity index (χ0n) is 12.9. The van der Waals surface area contributed by atoms with Crippen molar-refractivity contribution in [2.75, 3.05) is 6.67 Å². The summed E-state index contributed by atoms with van der Waals surface area (Å²) in [7, 11) is 0. The number of benzene rings is 1. The average molecular weight is 332 g/mol. The molecule has 0 aromatic heterocycles. The predicted molar refractivity (Wildman–Crippen MR) is 80.4 cm³/mol. The van der Waals surface area contributed by atoms with Crippen LogP contribution < -0.4 is 0 Å². The maximum absolute atomic E-state index is 13.7. The Morgan fingerprint density at radius 1 is 1.04 bits per heavy atom. The van der Waals surface area contributed by atoms with E-state index in [1.165, 1.54) is 0 Å². The standard InChI is InChI=1S/C18H21F5/c19-9-3-1-2-4-12-5-7-13(8-6-12)14-10-15(20)17(18(22)23)16(21)11-14/h2,4,10-13,18H,1,3,5-9H2/b4-2+. The van der Waals surface area contributed by atoms with Crippen LogP contribution in [-0.2, 0) is 0 Å². The summed E-state index contributed by atoms with van der Waals surface area (Å²) in [5.41, 5.74) is -0.678. The molecule has 0 aliphatic heterocycles. The van der Waals surface area contributed by atoms with E-state index in [4.69, 9.17) is 0 Å². The summed E-state index contributed by atoms with van der Waals surface area (Å²) in [6.07, 6.45) is 5.50. The molecule has 1 fully saturated rings. The summed E-state index contributed by atoms with van der Waals surface area (Å²) in [5, 5.41) is 0. The molecular weight excluding hydrogens is 311 g/mol. The Hall–Kier alpha value is -1.39. The molecular formula is C18H21F5. The predicted octanol–water partition coefficient (Wildman–Crippen LogP) is 6.48. The van der Waals surface area contributed by atoms with Gasteiger partial charge in [0, 0.05) is 0 Å². The summed E-state index contributed by atoms with van der Waals surface area (Å²) in [6.45, 7) is -0.317. The smallest absolute Gasteiger partial charge is 0.251 e. The molecule has 0 unspecified atom stereocenters. The van der Waals surface area contributed by atoms with Crippen molar-refractivity contribution in [3.8, 4) is 0 Å². The Morgan fingerprint density at radius 3 is 2.17 bits per heavy atom. The van der Waals surface area contributed by atoms with Gasteiger partial charge in [0.15, 0.2) is 0 Å². The first kappa shape index (κ1) is 18.0. The minimum absolute atomic E-state index is 0.00112. The molecule has 128 valence electrons. The zero-order chi connectivity index (χ0) is 16.8. The number of unbranched alkanes of at least 4 members (excludes halogenated alkanes) is 1. The molecule has 0 bridgehead atoms. The fourth-order valence-electron chi connectivity index (χ4n) is 3.18. The number of alkyl halides is 3. The van der Waals surface area contributed by atoms with Crippen molar-refractivity contribution < 1.29 is 22.0 Å². The molecule has 1 saturated carbocycles. The molecule has 5 heteroatoms. The van der Waals surface area contributed by atoms with E-state index in [1.54, 1.807) is 0 Å². The van der Waals surface area contributed by atoms with Crippen molar-refractivity contribution in [2.45, 2.75) is 50.9 Å². The average Bonchev–Trinajstić information content (AvgIpc) is 2.51. The largest absolute Gasteiger partial charge is 0.269 e. The lowest BCUT2D eigenvalue weighted by Crippen LogP contribution is -2.13. The van der Waals surface area contributed by atoms with Crippen molar-refractivity contribution in [1.82, 2.24) is 0 Å². The van der Waals surface area contributed by atoms with Crippen LogP contribution in [-0.4, -0.2) is 6.67 Å². The first-order valence-corrected chi connectivity index (χ1v) is 8.02. The second-order valence-corrected chi connectivity index (χ2v) is 6.07. The Labute approximate surface area is 133 Å². The number of hydrogen-bond donors (Lipinski definition) is 0. The second kappa shape index (κ2) is 8.46.